The summed E-state index contributed by atoms with van der Waals surface area (Å²) in [6.07, 6.45) is 5.14. The van der Waals surface area contributed by atoms with Gasteiger partial charge in [0, 0.05) is 18.9 Å². The molecule has 1 fully saturated rings. The molecule has 0 aliphatic carbocycles. The molecule has 1 N–H and O–H groups in total. The third kappa shape index (κ3) is 2.59. The first-order chi connectivity index (χ1) is 9.56. The van der Waals surface area contributed by atoms with E-state index in [4.69, 9.17) is 11.6 Å². The van der Waals surface area contributed by atoms with Crippen molar-refractivity contribution in [3.05, 3.63) is 35.5 Å². The molecule has 6 nitrogen and oxygen atoms in total. The lowest BCUT2D eigenvalue weighted by Gasteiger charge is -2.23. The Balaban J connectivity index is 1.75. The van der Waals surface area contributed by atoms with E-state index < -0.39 is 11.4 Å². The second-order valence-electron chi connectivity index (χ2n) is 4.96. The molecule has 2 aromatic rings. The van der Waals surface area contributed by atoms with E-state index in [0.717, 1.165) is 0 Å². The highest BCUT2D eigenvalue weighted by atomic mass is 35.5. The summed E-state index contributed by atoms with van der Waals surface area (Å²) in [5.41, 5.74) is -0.971. The minimum absolute atomic E-state index is 0.212. The molecule has 0 saturated carbocycles. The zero-order chi connectivity index (χ0) is 14.2. The summed E-state index contributed by atoms with van der Waals surface area (Å²) in [5, 5.41) is 18.3. The number of anilines is 1. The lowest BCUT2D eigenvalue weighted by molar-refractivity contribution is 0.0408. The summed E-state index contributed by atoms with van der Waals surface area (Å²) in [4.78, 5) is 5.71. The Morgan fingerprint density at radius 3 is 3.05 bits per heavy atom. The van der Waals surface area contributed by atoms with E-state index in [-0.39, 0.29) is 10.8 Å². The molecule has 2 aromatic heterocycles. The van der Waals surface area contributed by atoms with Crippen molar-refractivity contribution in [2.75, 3.05) is 18.0 Å². The highest BCUT2D eigenvalue weighted by Gasteiger charge is 2.38. The van der Waals surface area contributed by atoms with Gasteiger partial charge in [-0.3, -0.25) is 0 Å². The van der Waals surface area contributed by atoms with Crippen LogP contribution in [0.25, 0.3) is 0 Å². The lowest BCUT2D eigenvalue weighted by atomic mass is 10.0. The van der Waals surface area contributed by atoms with Crippen molar-refractivity contribution in [3.63, 3.8) is 0 Å². The number of halogens is 2. The van der Waals surface area contributed by atoms with E-state index in [1.807, 2.05) is 0 Å². The summed E-state index contributed by atoms with van der Waals surface area (Å²) < 4.78 is 15.4. The molecule has 0 radical (unpaired) electrons. The van der Waals surface area contributed by atoms with Gasteiger partial charge in [-0.05, 0) is 12.5 Å². The molecule has 3 heterocycles. The average Bonchev–Trinajstić information content (AvgIpc) is 3.00. The zero-order valence-corrected chi connectivity index (χ0v) is 11.3. The Hall–Kier alpha value is -1.73. The summed E-state index contributed by atoms with van der Waals surface area (Å²) in [6.45, 7) is 1.13. The number of hydrogen-bond acceptors (Lipinski definition) is 5. The normalized spacial score (nSPS) is 22.4. The van der Waals surface area contributed by atoms with Gasteiger partial charge in [0.05, 0.1) is 24.3 Å². The number of β-amino-alcohol motifs (C(OH)–C–C–N with tert-alkyl or cyclic N) is 1. The number of hydrogen-bond donors (Lipinski definition) is 1. The number of nitrogens with zero attached hydrogens (tertiary/aromatic N) is 5. The number of pyridine rings is 1. The van der Waals surface area contributed by atoms with Gasteiger partial charge < -0.3 is 10.0 Å². The lowest BCUT2D eigenvalue weighted by Crippen LogP contribution is -2.38. The van der Waals surface area contributed by atoms with Gasteiger partial charge in [-0.1, -0.05) is 16.8 Å². The second kappa shape index (κ2) is 4.99. The molecule has 0 amide bonds. The molecule has 1 aliphatic heterocycles. The van der Waals surface area contributed by atoms with Crippen LogP contribution in [0.1, 0.15) is 6.42 Å². The van der Waals surface area contributed by atoms with Gasteiger partial charge in [-0.15, -0.1) is 5.10 Å². The Bertz CT molecular complexity index is 608. The Kier molecular flexibility index (Phi) is 3.31. The minimum atomic E-state index is -0.971. The van der Waals surface area contributed by atoms with Crippen molar-refractivity contribution in [1.82, 2.24) is 20.0 Å². The zero-order valence-electron chi connectivity index (χ0n) is 10.6. The standard InChI is InChI=1S/C12H13ClFN5O/c13-9-5-10(14)11(15-6-9)18-3-1-12(20,7-18)8-19-4-2-16-17-19/h2,4-6,20H,1,3,7-8H2. The van der Waals surface area contributed by atoms with Crippen LogP contribution in [-0.4, -0.2) is 43.8 Å². The fourth-order valence-corrected chi connectivity index (χ4v) is 2.57. The van der Waals surface area contributed by atoms with Gasteiger partial charge in [0.2, 0.25) is 0 Å². The molecule has 0 spiro atoms. The molecular weight excluding hydrogens is 285 g/mol. The molecule has 1 atom stereocenters. The molecule has 106 valence electrons. The number of aliphatic hydroxyl groups is 1. The van der Waals surface area contributed by atoms with Crippen molar-refractivity contribution < 1.29 is 9.50 Å². The first kappa shape index (κ1) is 13.3. The van der Waals surface area contributed by atoms with E-state index in [9.17, 15) is 9.50 Å². The van der Waals surface area contributed by atoms with Crippen molar-refractivity contribution in [2.24, 2.45) is 0 Å². The third-order valence-corrected chi connectivity index (χ3v) is 3.56. The topological polar surface area (TPSA) is 67.1 Å². The van der Waals surface area contributed by atoms with Gasteiger partial charge in [-0.25, -0.2) is 14.1 Å². The molecule has 0 bridgehead atoms. The molecule has 8 heteroatoms. The van der Waals surface area contributed by atoms with E-state index in [2.05, 4.69) is 15.3 Å². The van der Waals surface area contributed by atoms with E-state index >= 15 is 0 Å². The van der Waals surface area contributed by atoms with Crippen LogP contribution in [0.15, 0.2) is 24.7 Å². The Labute approximate surface area is 119 Å². The molecule has 0 aromatic carbocycles. The van der Waals surface area contributed by atoms with Crippen molar-refractivity contribution in [2.45, 2.75) is 18.6 Å². The smallest absolute Gasteiger partial charge is 0.167 e. The van der Waals surface area contributed by atoms with Gasteiger partial charge in [-0.2, -0.15) is 0 Å². The van der Waals surface area contributed by atoms with Crippen molar-refractivity contribution >= 4 is 17.4 Å². The fraction of sp³-hybridized carbons (Fsp3) is 0.417. The predicted octanol–water partition coefficient (Wildman–Crippen LogP) is 1.11. The largest absolute Gasteiger partial charge is 0.386 e. The first-order valence-electron chi connectivity index (χ1n) is 6.18. The SMILES string of the molecule is OC1(Cn2ccnn2)CCN(c2ncc(Cl)cc2F)C1. The highest BCUT2D eigenvalue weighted by molar-refractivity contribution is 6.30. The second-order valence-corrected chi connectivity index (χ2v) is 5.39. The average molecular weight is 298 g/mol. The molecular formula is C12H13ClFN5O. The number of rotatable bonds is 3. The molecule has 1 aliphatic rings. The van der Waals surface area contributed by atoms with Gasteiger partial charge in [0.15, 0.2) is 11.6 Å². The van der Waals surface area contributed by atoms with Crippen LogP contribution in [0.5, 0.6) is 0 Å². The summed E-state index contributed by atoms with van der Waals surface area (Å²) >= 11 is 5.69. The fourth-order valence-electron chi connectivity index (χ4n) is 2.42. The maximum Gasteiger partial charge on any atom is 0.167 e. The first-order valence-corrected chi connectivity index (χ1v) is 6.56. The molecule has 3 rings (SSSR count). The summed E-state index contributed by atoms with van der Waals surface area (Å²) in [7, 11) is 0. The van der Waals surface area contributed by atoms with Crippen LogP contribution in [0.4, 0.5) is 10.2 Å². The van der Waals surface area contributed by atoms with Crippen LogP contribution < -0.4 is 4.90 Å². The van der Waals surface area contributed by atoms with Crippen LogP contribution in [0.2, 0.25) is 5.02 Å². The molecule has 20 heavy (non-hydrogen) atoms. The Morgan fingerprint density at radius 2 is 2.35 bits per heavy atom. The minimum Gasteiger partial charge on any atom is -0.386 e. The molecule has 1 saturated heterocycles. The van der Waals surface area contributed by atoms with Crippen LogP contribution in [0.3, 0.4) is 0 Å². The van der Waals surface area contributed by atoms with Crippen LogP contribution in [0, 0.1) is 5.82 Å². The van der Waals surface area contributed by atoms with E-state index in [1.54, 1.807) is 22.0 Å². The van der Waals surface area contributed by atoms with Crippen LogP contribution in [-0.2, 0) is 6.54 Å². The van der Waals surface area contributed by atoms with Crippen LogP contribution >= 0.6 is 11.6 Å². The summed E-state index contributed by atoms with van der Waals surface area (Å²) in [5.74, 6) is -0.272. The Morgan fingerprint density at radius 1 is 1.50 bits per heavy atom. The van der Waals surface area contributed by atoms with E-state index in [0.29, 0.717) is 26.1 Å². The van der Waals surface area contributed by atoms with Crippen molar-refractivity contribution in [3.8, 4) is 0 Å². The quantitative estimate of drug-likeness (QED) is 0.919. The third-order valence-electron chi connectivity index (χ3n) is 3.35. The van der Waals surface area contributed by atoms with E-state index in [1.165, 1.54) is 12.3 Å². The van der Waals surface area contributed by atoms with Gasteiger partial charge in [0.25, 0.3) is 0 Å². The molecule has 1 unspecified atom stereocenters. The highest BCUT2D eigenvalue weighted by Crippen LogP contribution is 2.29. The monoisotopic (exact) mass is 297 g/mol. The van der Waals surface area contributed by atoms with Gasteiger partial charge >= 0.3 is 0 Å². The predicted molar refractivity (Wildman–Crippen MR) is 71.0 cm³/mol. The maximum absolute atomic E-state index is 13.8. The maximum atomic E-state index is 13.8. The summed E-state index contributed by atoms with van der Waals surface area (Å²) in [6, 6.07) is 1.22. The van der Waals surface area contributed by atoms with Crippen molar-refractivity contribution in [1.29, 1.82) is 0 Å². The number of aromatic nitrogens is 4. The van der Waals surface area contributed by atoms with Gasteiger partial charge in [0.1, 0.15) is 5.60 Å².